The van der Waals surface area contributed by atoms with Crippen molar-refractivity contribution in [3.63, 3.8) is 0 Å². The summed E-state index contributed by atoms with van der Waals surface area (Å²) in [4.78, 5) is 34.9. The van der Waals surface area contributed by atoms with Crippen LogP contribution in [-0.4, -0.2) is 74.4 Å². The number of carbonyl (C=O) groups is 1. The third-order valence-electron chi connectivity index (χ3n) is 8.99. The summed E-state index contributed by atoms with van der Waals surface area (Å²) < 4.78 is 82.5. The Morgan fingerprint density at radius 2 is 1.61 bits per heavy atom. The summed E-state index contributed by atoms with van der Waals surface area (Å²) in [7, 11) is 0. The number of aliphatic carboxylic acids is 1. The number of carboxylic acid groups (broad SMARTS) is 1. The summed E-state index contributed by atoms with van der Waals surface area (Å²) in [6, 6.07) is 0.884. The van der Waals surface area contributed by atoms with Gasteiger partial charge in [-0.2, -0.15) is 31.3 Å². The van der Waals surface area contributed by atoms with Gasteiger partial charge in [0.05, 0.1) is 29.3 Å². The van der Waals surface area contributed by atoms with E-state index in [0.717, 1.165) is 0 Å². The van der Waals surface area contributed by atoms with E-state index in [1.54, 1.807) is 4.90 Å². The number of piperidine rings is 1. The Hall–Kier alpha value is -3.92. The maximum atomic E-state index is 13.8. The SMILES string of the molecule is CCC1CC(N(Cc2cc(C(F)(F)F)cc(C(F)(F)F)c2)c2ncc(CCCO)cn2)CN1c1nc(N2CCC(C(=O)O)CC2)ncc1Cl. The van der Waals surface area contributed by atoms with Gasteiger partial charge in [-0.15, -0.1) is 0 Å². The van der Waals surface area contributed by atoms with E-state index in [9.17, 15) is 41.4 Å². The number of anilines is 3. The van der Waals surface area contributed by atoms with Crippen LogP contribution < -0.4 is 14.7 Å². The maximum Gasteiger partial charge on any atom is 0.416 e. The summed E-state index contributed by atoms with van der Waals surface area (Å²) in [5, 5.41) is 18.8. The average molecular weight is 716 g/mol. The number of hydrogen-bond donors (Lipinski definition) is 2. The number of rotatable bonds is 11. The lowest BCUT2D eigenvalue weighted by atomic mass is 9.97. The van der Waals surface area contributed by atoms with E-state index >= 15 is 0 Å². The van der Waals surface area contributed by atoms with Crippen LogP contribution in [0.2, 0.25) is 5.02 Å². The fraction of sp³-hybridized carbons (Fsp3) is 0.531. The van der Waals surface area contributed by atoms with Gasteiger partial charge in [0.1, 0.15) is 5.02 Å². The van der Waals surface area contributed by atoms with E-state index in [0.29, 0.717) is 81.1 Å². The van der Waals surface area contributed by atoms with Gasteiger partial charge in [-0.25, -0.2) is 15.0 Å². The minimum absolute atomic E-state index is 0.0464. The molecule has 0 spiro atoms. The molecule has 0 aliphatic carbocycles. The molecule has 10 nitrogen and oxygen atoms in total. The molecule has 2 aliphatic rings. The highest BCUT2D eigenvalue weighted by Gasteiger charge is 2.40. The molecular weight excluding hydrogens is 680 g/mol. The van der Waals surface area contributed by atoms with Crippen molar-refractivity contribution in [2.75, 3.05) is 40.9 Å². The summed E-state index contributed by atoms with van der Waals surface area (Å²) >= 11 is 6.62. The molecule has 1 aromatic carbocycles. The van der Waals surface area contributed by atoms with Gasteiger partial charge in [0.15, 0.2) is 5.82 Å². The number of benzene rings is 1. The number of nitrogens with zero attached hydrogens (tertiary/aromatic N) is 7. The monoisotopic (exact) mass is 715 g/mol. The standard InChI is InChI=1S/C32H36ClF6N7O3/c1-2-24-13-25(18-45(24)27-26(33)16-42-30(43-27)44-7-5-21(6-8-44)28(48)49)46(29-40-14-19(15-41-29)4-3-9-47)17-20-10-22(31(34,35)36)12-23(11-20)32(37,38)39/h10-12,14-16,21,24-25,47H,2-9,13,17-18H2,1H3,(H,48,49). The number of alkyl halides is 6. The van der Waals surface area contributed by atoms with Crippen molar-refractivity contribution in [2.45, 2.75) is 76.4 Å². The van der Waals surface area contributed by atoms with Crippen LogP contribution in [0.25, 0.3) is 0 Å². The number of aryl methyl sites for hydroxylation is 1. The number of aliphatic hydroxyl groups is 1. The summed E-state index contributed by atoms with van der Waals surface area (Å²) in [5.41, 5.74) is -2.33. The lowest BCUT2D eigenvalue weighted by Crippen LogP contribution is -2.39. The van der Waals surface area contributed by atoms with E-state index in [1.807, 2.05) is 16.7 Å². The van der Waals surface area contributed by atoms with Gasteiger partial charge in [0.2, 0.25) is 11.9 Å². The summed E-state index contributed by atoms with van der Waals surface area (Å²) in [6.07, 6.45) is -2.62. The molecule has 17 heteroatoms. The van der Waals surface area contributed by atoms with Gasteiger partial charge >= 0.3 is 18.3 Å². The molecule has 3 aromatic rings. The minimum atomic E-state index is -5.01. The van der Waals surface area contributed by atoms with Crippen molar-refractivity contribution in [3.05, 3.63) is 64.1 Å². The topological polar surface area (TPSA) is 119 Å². The van der Waals surface area contributed by atoms with Gasteiger partial charge < -0.3 is 24.9 Å². The van der Waals surface area contributed by atoms with Gasteiger partial charge in [-0.3, -0.25) is 4.79 Å². The second-order valence-corrected chi connectivity index (χ2v) is 12.7. The Morgan fingerprint density at radius 3 is 2.16 bits per heavy atom. The third kappa shape index (κ3) is 8.63. The molecule has 0 saturated carbocycles. The lowest BCUT2D eigenvalue weighted by Gasteiger charge is -2.32. The number of aromatic nitrogens is 4. The Balaban J connectivity index is 1.48. The van der Waals surface area contributed by atoms with Crippen LogP contribution in [0.3, 0.4) is 0 Å². The molecule has 2 aliphatic heterocycles. The molecule has 2 aromatic heterocycles. The highest BCUT2D eigenvalue weighted by molar-refractivity contribution is 6.32. The number of aliphatic hydroxyl groups excluding tert-OH is 1. The predicted octanol–water partition coefficient (Wildman–Crippen LogP) is 6.25. The molecule has 5 rings (SSSR count). The van der Waals surface area contributed by atoms with Crippen LogP contribution in [-0.2, 0) is 30.1 Å². The second-order valence-electron chi connectivity index (χ2n) is 12.3. The lowest BCUT2D eigenvalue weighted by molar-refractivity contribution is -0.144. The van der Waals surface area contributed by atoms with Crippen LogP contribution in [0.4, 0.5) is 44.1 Å². The third-order valence-corrected chi connectivity index (χ3v) is 9.26. The quantitative estimate of drug-likeness (QED) is 0.221. The van der Waals surface area contributed by atoms with Gasteiger partial charge in [-0.1, -0.05) is 18.5 Å². The molecule has 0 bridgehead atoms. The van der Waals surface area contributed by atoms with Crippen molar-refractivity contribution in [2.24, 2.45) is 5.92 Å². The van der Waals surface area contributed by atoms with Crippen LogP contribution in [0.15, 0.2) is 36.8 Å². The first-order chi connectivity index (χ1) is 23.2. The van der Waals surface area contributed by atoms with Crippen molar-refractivity contribution < 1.29 is 41.4 Å². The van der Waals surface area contributed by atoms with Crippen LogP contribution in [0.1, 0.15) is 61.3 Å². The van der Waals surface area contributed by atoms with Crippen LogP contribution >= 0.6 is 11.6 Å². The molecule has 0 amide bonds. The second kappa shape index (κ2) is 14.9. The zero-order valence-electron chi connectivity index (χ0n) is 26.6. The Bertz CT molecular complexity index is 1570. The van der Waals surface area contributed by atoms with Crippen molar-refractivity contribution in [1.82, 2.24) is 19.9 Å². The molecular formula is C32H36ClF6N7O3. The normalized spacial score (nSPS) is 19.0. The Labute approximate surface area is 283 Å². The highest BCUT2D eigenvalue weighted by atomic mass is 35.5. The minimum Gasteiger partial charge on any atom is -0.481 e. The van der Waals surface area contributed by atoms with Gasteiger partial charge in [0, 0.05) is 51.2 Å². The Morgan fingerprint density at radius 1 is 0.980 bits per heavy atom. The fourth-order valence-corrected chi connectivity index (χ4v) is 6.57. The maximum absolute atomic E-state index is 13.8. The Kier molecular flexibility index (Phi) is 11.1. The molecule has 4 heterocycles. The molecule has 0 radical (unpaired) electrons. The first-order valence-electron chi connectivity index (χ1n) is 15.9. The average Bonchev–Trinajstić information content (AvgIpc) is 3.50. The molecule has 2 unspecified atom stereocenters. The van der Waals surface area contributed by atoms with Crippen LogP contribution in [0, 0.1) is 5.92 Å². The largest absolute Gasteiger partial charge is 0.481 e. The summed E-state index contributed by atoms with van der Waals surface area (Å²) in [6.45, 7) is 2.68. The smallest absolute Gasteiger partial charge is 0.416 e. The van der Waals surface area contributed by atoms with E-state index in [1.165, 1.54) is 18.6 Å². The zero-order chi connectivity index (χ0) is 35.5. The van der Waals surface area contributed by atoms with E-state index in [2.05, 4.69) is 15.0 Å². The molecule has 2 saturated heterocycles. The van der Waals surface area contributed by atoms with Gasteiger partial charge in [0.25, 0.3) is 0 Å². The van der Waals surface area contributed by atoms with E-state index < -0.39 is 41.4 Å². The number of halogens is 7. The van der Waals surface area contributed by atoms with E-state index in [-0.39, 0.29) is 48.3 Å². The van der Waals surface area contributed by atoms with Crippen molar-refractivity contribution >= 4 is 35.3 Å². The first kappa shape index (κ1) is 36.4. The fourth-order valence-electron chi connectivity index (χ4n) is 6.37. The molecule has 2 N–H and O–H groups in total. The van der Waals surface area contributed by atoms with Crippen molar-refractivity contribution in [3.8, 4) is 0 Å². The molecule has 266 valence electrons. The number of carboxylic acids is 1. The van der Waals surface area contributed by atoms with E-state index in [4.69, 9.17) is 16.6 Å². The van der Waals surface area contributed by atoms with Crippen LogP contribution in [0.5, 0.6) is 0 Å². The first-order valence-corrected chi connectivity index (χ1v) is 16.3. The number of hydrogen-bond acceptors (Lipinski definition) is 9. The predicted molar refractivity (Wildman–Crippen MR) is 170 cm³/mol. The molecule has 2 fully saturated rings. The highest BCUT2D eigenvalue weighted by Crippen LogP contribution is 2.39. The van der Waals surface area contributed by atoms with Gasteiger partial charge in [-0.05, 0) is 67.9 Å². The zero-order valence-corrected chi connectivity index (χ0v) is 27.3. The molecule has 2 atom stereocenters. The summed E-state index contributed by atoms with van der Waals surface area (Å²) in [5.74, 6) is -0.382. The molecule has 49 heavy (non-hydrogen) atoms. The van der Waals surface area contributed by atoms with Crippen molar-refractivity contribution in [1.29, 1.82) is 0 Å².